The standard InChI is InChI=1S/C23H24N2O5/c1-3-5-14-25-22(27)19-9-7-6-8-18(19)21(24-25)23(28)30-15-20(26)16-10-12-17(13-11-16)29-4-2/h6-13H,3-5,14-15H2,1-2H3. The molecule has 156 valence electrons. The van der Waals surface area contributed by atoms with Crippen molar-refractivity contribution in [3.63, 3.8) is 0 Å². The number of nitrogens with zero attached hydrogens (tertiary/aromatic N) is 2. The van der Waals surface area contributed by atoms with Crippen molar-refractivity contribution < 1.29 is 19.1 Å². The van der Waals surface area contributed by atoms with E-state index >= 15 is 0 Å². The predicted octanol–water partition coefficient (Wildman–Crippen LogP) is 3.64. The maximum atomic E-state index is 12.7. The van der Waals surface area contributed by atoms with E-state index < -0.39 is 12.6 Å². The molecule has 0 saturated heterocycles. The fourth-order valence-electron chi connectivity index (χ4n) is 3.03. The van der Waals surface area contributed by atoms with Crippen LogP contribution in [-0.4, -0.2) is 34.7 Å². The molecule has 0 bridgehead atoms. The molecule has 7 nitrogen and oxygen atoms in total. The Labute approximate surface area is 174 Å². The Morgan fingerprint density at radius 1 is 1.00 bits per heavy atom. The van der Waals surface area contributed by atoms with Crippen LogP contribution < -0.4 is 10.3 Å². The second-order valence-electron chi connectivity index (χ2n) is 6.73. The lowest BCUT2D eigenvalue weighted by molar-refractivity contribution is 0.0468. The number of unbranched alkanes of at least 4 members (excludes halogenated alkanes) is 1. The highest BCUT2D eigenvalue weighted by Crippen LogP contribution is 2.16. The van der Waals surface area contributed by atoms with E-state index in [1.807, 2.05) is 13.8 Å². The predicted molar refractivity (Wildman–Crippen MR) is 113 cm³/mol. The van der Waals surface area contributed by atoms with Crippen molar-refractivity contribution in [1.82, 2.24) is 9.78 Å². The minimum atomic E-state index is -0.740. The van der Waals surface area contributed by atoms with E-state index in [4.69, 9.17) is 9.47 Å². The molecule has 1 aromatic heterocycles. The van der Waals surface area contributed by atoms with Gasteiger partial charge in [-0.05, 0) is 43.7 Å². The Morgan fingerprint density at radius 3 is 2.37 bits per heavy atom. The normalized spacial score (nSPS) is 10.7. The van der Waals surface area contributed by atoms with E-state index in [0.717, 1.165) is 12.8 Å². The van der Waals surface area contributed by atoms with E-state index in [1.165, 1.54) is 4.68 Å². The lowest BCUT2D eigenvalue weighted by atomic mass is 10.1. The lowest BCUT2D eigenvalue weighted by Gasteiger charge is -2.10. The maximum Gasteiger partial charge on any atom is 0.359 e. The first-order valence-corrected chi connectivity index (χ1v) is 9.98. The molecule has 0 radical (unpaired) electrons. The molecule has 2 aromatic carbocycles. The summed E-state index contributed by atoms with van der Waals surface area (Å²) >= 11 is 0. The van der Waals surface area contributed by atoms with E-state index in [0.29, 0.717) is 35.2 Å². The molecule has 0 unspecified atom stereocenters. The molecule has 0 N–H and O–H groups in total. The molecule has 3 rings (SSSR count). The number of rotatable bonds is 9. The van der Waals surface area contributed by atoms with Gasteiger partial charge in [-0.15, -0.1) is 0 Å². The third kappa shape index (κ3) is 4.74. The summed E-state index contributed by atoms with van der Waals surface area (Å²) in [5, 5.41) is 5.03. The number of ketones is 1. The minimum absolute atomic E-state index is 0.0285. The van der Waals surface area contributed by atoms with Gasteiger partial charge in [-0.2, -0.15) is 5.10 Å². The van der Waals surface area contributed by atoms with Gasteiger partial charge in [0, 0.05) is 17.5 Å². The van der Waals surface area contributed by atoms with Gasteiger partial charge < -0.3 is 9.47 Å². The zero-order valence-corrected chi connectivity index (χ0v) is 17.1. The summed E-state index contributed by atoms with van der Waals surface area (Å²) in [6, 6.07) is 13.4. The summed E-state index contributed by atoms with van der Waals surface area (Å²) in [6.07, 6.45) is 1.65. The van der Waals surface area contributed by atoms with Gasteiger partial charge in [-0.25, -0.2) is 9.48 Å². The molecular formula is C23H24N2O5. The van der Waals surface area contributed by atoms with E-state index in [1.54, 1.807) is 48.5 Å². The van der Waals surface area contributed by atoms with E-state index in [-0.39, 0.29) is 17.0 Å². The van der Waals surface area contributed by atoms with Crippen molar-refractivity contribution in [1.29, 1.82) is 0 Å². The zero-order valence-electron chi connectivity index (χ0n) is 17.1. The number of benzene rings is 2. The average Bonchev–Trinajstić information content (AvgIpc) is 2.77. The topological polar surface area (TPSA) is 87.5 Å². The van der Waals surface area contributed by atoms with Crippen LogP contribution in [0.25, 0.3) is 10.8 Å². The molecule has 0 fully saturated rings. The Morgan fingerprint density at radius 2 is 1.70 bits per heavy atom. The van der Waals surface area contributed by atoms with Crippen LogP contribution in [0.5, 0.6) is 5.75 Å². The van der Waals surface area contributed by atoms with Crippen molar-refractivity contribution in [2.75, 3.05) is 13.2 Å². The van der Waals surface area contributed by atoms with Gasteiger partial charge in [-0.1, -0.05) is 31.5 Å². The van der Waals surface area contributed by atoms with Crippen molar-refractivity contribution in [3.05, 3.63) is 70.1 Å². The highest BCUT2D eigenvalue weighted by molar-refractivity contribution is 6.04. The number of fused-ring (bicyclic) bond motifs is 1. The number of hydrogen-bond donors (Lipinski definition) is 0. The Bertz CT molecular complexity index is 1100. The van der Waals surface area contributed by atoms with Crippen molar-refractivity contribution >= 4 is 22.5 Å². The summed E-state index contributed by atoms with van der Waals surface area (Å²) in [5.74, 6) is -0.415. The molecule has 7 heteroatoms. The molecule has 0 atom stereocenters. The van der Waals surface area contributed by atoms with Gasteiger partial charge in [-0.3, -0.25) is 9.59 Å². The fourth-order valence-corrected chi connectivity index (χ4v) is 3.03. The smallest absolute Gasteiger partial charge is 0.359 e. The maximum absolute atomic E-state index is 12.7. The summed E-state index contributed by atoms with van der Waals surface area (Å²) in [4.78, 5) is 37.7. The van der Waals surface area contributed by atoms with Crippen molar-refractivity contribution in [2.45, 2.75) is 33.2 Å². The third-order valence-electron chi connectivity index (χ3n) is 4.61. The lowest BCUT2D eigenvalue weighted by Crippen LogP contribution is -2.27. The number of ether oxygens (including phenoxy) is 2. The summed E-state index contributed by atoms with van der Waals surface area (Å²) in [5.41, 5.74) is 0.193. The Hall–Kier alpha value is -3.48. The Balaban J connectivity index is 1.80. The van der Waals surface area contributed by atoms with Gasteiger partial charge in [0.15, 0.2) is 18.1 Å². The Kier molecular flexibility index (Phi) is 6.95. The number of Topliss-reactive ketones (excluding diaryl/α,β-unsaturated/α-hetero) is 1. The molecule has 1 heterocycles. The average molecular weight is 408 g/mol. The first-order valence-electron chi connectivity index (χ1n) is 9.98. The van der Waals surface area contributed by atoms with Gasteiger partial charge in [0.25, 0.3) is 5.56 Å². The van der Waals surface area contributed by atoms with Crippen LogP contribution in [0, 0.1) is 0 Å². The number of aromatic nitrogens is 2. The second kappa shape index (κ2) is 9.82. The van der Waals surface area contributed by atoms with Gasteiger partial charge in [0.05, 0.1) is 12.0 Å². The van der Waals surface area contributed by atoms with E-state index in [2.05, 4.69) is 5.10 Å². The summed E-state index contributed by atoms with van der Waals surface area (Å²) in [7, 11) is 0. The zero-order chi connectivity index (χ0) is 21.5. The third-order valence-corrected chi connectivity index (χ3v) is 4.61. The molecule has 0 aliphatic heterocycles. The van der Waals surface area contributed by atoms with Crippen LogP contribution in [-0.2, 0) is 11.3 Å². The molecule has 0 amide bonds. The summed E-state index contributed by atoms with van der Waals surface area (Å²) < 4.78 is 11.9. The molecule has 0 aliphatic carbocycles. The molecule has 30 heavy (non-hydrogen) atoms. The highest BCUT2D eigenvalue weighted by Gasteiger charge is 2.19. The monoisotopic (exact) mass is 408 g/mol. The number of aryl methyl sites for hydroxylation is 1. The molecule has 0 saturated carbocycles. The van der Waals surface area contributed by atoms with Crippen LogP contribution in [0.3, 0.4) is 0 Å². The van der Waals surface area contributed by atoms with Crippen LogP contribution in [0.15, 0.2) is 53.3 Å². The highest BCUT2D eigenvalue weighted by atomic mass is 16.5. The van der Waals surface area contributed by atoms with Crippen LogP contribution >= 0.6 is 0 Å². The molecule has 3 aromatic rings. The van der Waals surface area contributed by atoms with Crippen molar-refractivity contribution in [3.8, 4) is 5.75 Å². The largest absolute Gasteiger partial charge is 0.494 e. The van der Waals surface area contributed by atoms with Crippen molar-refractivity contribution in [2.24, 2.45) is 0 Å². The fraction of sp³-hybridized carbons (Fsp3) is 0.304. The van der Waals surface area contributed by atoms with Crippen LogP contribution in [0.2, 0.25) is 0 Å². The number of carbonyl (C=O) groups is 2. The van der Waals surface area contributed by atoms with Crippen LogP contribution in [0.4, 0.5) is 0 Å². The quantitative estimate of drug-likeness (QED) is 0.397. The molecule has 0 aliphatic rings. The first kappa shape index (κ1) is 21.2. The van der Waals surface area contributed by atoms with Gasteiger partial charge >= 0.3 is 5.97 Å². The number of carbonyl (C=O) groups excluding carboxylic acids is 2. The first-order chi connectivity index (χ1) is 14.5. The van der Waals surface area contributed by atoms with Crippen LogP contribution in [0.1, 0.15) is 47.5 Å². The molecular weight excluding hydrogens is 384 g/mol. The number of hydrogen-bond acceptors (Lipinski definition) is 6. The van der Waals surface area contributed by atoms with Gasteiger partial charge in [0.1, 0.15) is 5.75 Å². The molecule has 0 spiro atoms. The van der Waals surface area contributed by atoms with E-state index in [9.17, 15) is 14.4 Å². The SMILES string of the molecule is CCCCn1nc(C(=O)OCC(=O)c2ccc(OCC)cc2)c2ccccc2c1=O. The number of esters is 1. The van der Waals surface area contributed by atoms with Gasteiger partial charge in [0.2, 0.25) is 0 Å². The summed E-state index contributed by atoms with van der Waals surface area (Å²) in [6.45, 7) is 4.41. The minimum Gasteiger partial charge on any atom is -0.494 e. The second-order valence-corrected chi connectivity index (χ2v) is 6.73.